The van der Waals surface area contributed by atoms with Crippen LogP contribution in [0.2, 0.25) is 0 Å². The van der Waals surface area contributed by atoms with Gasteiger partial charge in [0, 0.05) is 17.1 Å². The van der Waals surface area contributed by atoms with Crippen LogP contribution in [0.3, 0.4) is 0 Å². The zero-order valence-corrected chi connectivity index (χ0v) is 31.4. The smallest absolute Gasteiger partial charge is 0.326 e. The molecule has 11 N–H and O–H groups in total. The third-order valence-electron chi connectivity index (χ3n) is 8.19. The summed E-state index contributed by atoms with van der Waals surface area (Å²) >= 11 is 2.91. The van der Waals surface area contributed by atoms with E-state index in [1.807, 2.05) is 36.8 Å². The molecule has 0 bridgehead atoms. The molecule has 1 aromatic heterocycles. The Morgan fingerprint density at radius 3 is 2.06 bits per heavy atom. The molecule has 0 radical (unpaired) electrons. The largest absolute Gasteiger partial charge is 0.480 e. The molecule has 0 saturated heterocycles. The maximum absolute atomic E-state index is 13.4. The molecule has 17 heteroatoms. The van der Waals surface area contributed by atoms with E-state index in [9.17, 15) is 33.9 Å². The van der Waals surface area contributed by atoms with Gasteiger partial charge in [0.25, 0.3) is 0 Å². The molecular formula is C34H54N8O7S2. The molecule has 1 aromatic carbocycles. The summed E-state index contributed by atoms with van der Waals surface area (Å²) in [6.07, 6.45) is 7.60. The van der Waals surface area contributed by atoms with E-state index in [4.69, 9.17) is 11.5 Å². The fourth-order valence-corrected chi connectivity index (χ4v) is 6.20. The second kappa shape index (κ2) is 22.9. The molecule has 1 heterocycles. The van der Waals surface area contributed by atoms with Crippen molar-refractivity contribution < 1.29 is 33.9 Å². The minimum Gasteiger partial charge on any atom is -0.480 e. The minimum atomic E-state index is -1.17. The average molecular weight is 751 g/mol. The number of amides is 5. The highest BCUT2D eigenvalue weighted by atomic mass is 32.2. The van der Waals surface area contributed by atoms with Crippen molar-refractivity contribution in [3.05, 3.63) is 36.0 Å². The summed E-state index contributed by atoms with van der Waals surface area (Å²) in [6, 6.07) is 2.53. The van der Waals surface area contributed by atoms with Crippen LogP contribution in [0, 0.1) is 5.92 Å². The predicted octanol–water partition coefficient (Wildman–Crippen LogP) is 0.469. The van der Waals surface area contributed by atoms with Gasteiger partial charge in [-0.2, -0.15) is 23.5 Å². The Kier molecular flexibility index (Phi) is 19.5. The number of thioether (sulfide) groups is 2. The Bertz CT molecular complexity index is 1460. The number of aliphatic carboxylic acids is 1. The van der Waals surface area contributed by atoms with Crippen molar-refractivity contribution in [3.8, 4) is 0 Å². The number of para-hydroxylation sites is 1. The van der Waals surface area contributed by atoms with E-state index in [1.165, 1.54) is 23.5 Å². The van der Waals surface area contributed by atoms with Crippen molar-refractivity contribution in [1.29, 1.82) is 0 Å². The van der Waals surface area contributed by atoms with Gasteiger partial charge in [0.2, 0.25) is 29.5 Å². The zero-order chi connectivity index (χ0) is 37.9. The number of hydrogen-bond donors (Lipinski definition) is 9. The van der Waals surface area contributed by atoms with E-state index in [-0.39, 0.29) is 31.6 Å². The Morgan fingerprint density at radius 2 is 1.43 bits per heavy atom. The number of hydrogen-bond acceptors (Lipinski definition) is 10. The Hall–Kier alpha value is -3.80. The summed E-state index contributed by atoms with van der Waals surface area (Å²) in [5, 5.41) is 23.6. The zero-order valence-electron chi connectivity index (χ0n) is 29.8. The molecule has 15 nitrogen and oxygen atoms in total. The molecule has 51 heavy (non-hydrogen) atoms. The van der Waals surface area contributed by atoms with Gasteiger partial charge >= 0.3 is 5.97 Å². The fraction of sp³-hybridized carbons (Fsp3) is 0.588. The van der Waals surface area contributed by atoms with Crippen molar-refractivity contribution in [3.63, 3.8) is 0 Å². The Labute approximate surface area is 307 Å². The molecule has 2 rings (SSSR count). The molecule has 0 aliphatic carbocycles. The lowest BCUT2D eigenvalue weighted by atomic mass is 10.0. The quantitative estimate of drug-likeness (QED) is 0.0667. The number of carbonyl (C=O) groups is 6. The molecular weight excluding hydrogens is 697 g/mol. The number of fused-ring (bicyclic) bond motifs is 1. The number of carboxylic acids is 1. The van der Waals surface area contributed by atoms with E-state index < -0.39 is 72.3 Å². The molecule has 0 aliphatic rings. The van der Waals surface area contributed by atoms with Gasteiger partial charge in [-0.3, -0.25) is 24.0 Å². The highest BCUT2D eigenvalue weighted by Gasteiger charge is 2.31. The number of benzene rings is 1. The molecule has 0 unspecified atom stereocenters. The maximum atomic E-state index is 13.4. The summed E-state index contributed by atoms with van der Waals surface area (Å²) in [5.74, 6) is -3.55. The number of rotatable bonds is 24. The van der Waals surface area contributed by atoms with E-state index >= 15 is 0 Å². The van der Waals surface area contributed by atoms with Crippen LogP contribution in [0.4, 0.5) is 0 Å². The van der Waals surface area contributed by atoms with Crippen LogP contribution in [0.15, 0.2) is 30.5 Å². The number of nitrogens with one attached hydrogen (secondary N) is 6. The van der Waals surface area contributed by atoms with Crippen LogP contribution >= 0.6 is 23.5 Å². The third-order valence-corrected chi connectivity index (χ3v) is 9.48. The van der Waals surface area contributed by atoms with E-state index in [1.54, 1.807) is 20.0 Å². The van der Waals surface area contributed by atoms with Gasteiger partial charge in [-0.1, -0.05) is 32.0 Å². The summed E-state index contributed by atoms with van der Waals surface area (Å²) in [6.45, 7) is 3.36. The molecule has 284 valence electrons. The maximum Gasteiger partial charge on any atom is 0.326 e. The standard InChI is InChI=1S/C34H54N8O7S2/c1-20(2)29(33(47)41-27(34(48)49)13-16-51-4)42-32(46)26(12-15-50-3)39-28(43)19-38-31(45)25(11-7-8-14-35)40-30(44)23(36)17-21-18-37-24-10-6-5-9-22(21)24/h5-6,9-10,18,20,23,25-27,29,37H,7-8,11-17,19,35-36H2,1-4H3,(H,38,45)(H,39,43)(H,40,44)(H,41,47)(H,42,46)(H,48,49)/t23-,25-,26-,27-,29-/m0/s1. The van der Waals surface area contributed by atoms with Crippen LogP contribution in [-0.2, 0) is 35.2 Å². The third kappa shape index (κ3) is 14.8. The van der Waals surface area contributed by atoms with Crippen molar-refractivity contribution >= 4 is 69.9 Å². The highest BCUT2D eigenvalue weighted by molar-refractivity contribution is 7.98. The molecule has 5 atom stereocenters. The topological polar surface area (TPSA) is 251 Å². The van der Waals surface area contributed by atoms with Gasteiger partial charge in [-0.25, -0.2) is 4.79 Å². The second-order valence-electron chi connectivity index (χ2n) is 12.5. The van der Waals surface area contributed by atoms with Crippen LogP contribution in [0.25, 0.3) is 10.9 Å². The number of unbranched alkanes of at least 4 members (excludes halogenated alkanes) is 1. The van der Waals surface area contributed by atoms with Crippen molar-refractivity contribution in [2.75, 3.05) is 37.1 Å². The number of aromatic nitrogens is 1. The number of carbonyl (C=O) groups excluding carboxylic acids is 5. The van der Waals surface area contributed by atoms with Gasteiger partial charge < -0.3 is 48.1 Å². The van der Waals surface area contributed by atoms with Gasteiger partial charge in [-0.15, -0.1) is 0 Å². The lowest BCUT2D eigenvalue weighted by Crippen LogP contribution is -2.58. The number of aromatic amines is 1. The first-order chi connectivity index (χ1) is 24.3. The Balaban J connectivity index is 2.04. The lowest BCUT2D eigenvalue weighted by molar-refractivity contribution is -0.142. The lowest BCUT2D eigenvalue weighted by Gasteiger charge is -2.26. The Morgan fingerprint density at radius 1 is 0.804 bits per heavy atom. The molecule has 0 spiro atoms. The van der Waals surface area contributed by atoms with Gasteiger partial charge in [0.1, 0.15) is 24.2 Å². The predicted molar refractivity (Wildman–Crippen MR) is 202 cm³/mol. The highest BCUT2D eigenvalue weighted by Crippen LogP contribution is 2.19. The summed E-state index contributed by atoms with van der Waals surface area (Å²) in [4.78, 5) is 80.6. The van der Waals surface area contributed by atoms with Crippen LogP contribution in [0.5, 0.6) is 0 Å². The average Bonchev–Trinajstić information content (AvgIpc) is 3.51. The SMILES string of the molecule is CSCC[C@H](NC(=O)[C@@H](NC(=O)[C@H](CCSC)NC(=O)CNC(=O)[C@H](CCCCN)NC(=O)[C@@H](N)Cc1c[nH]c2ccccc12)C(C)C)C(=O)O. The van der Waals surface area contributed by atoms with Crippen molar-refractivity contribution in [2.24, 2.45) is 17.4 Å². The summed E-state index contributed by atoms with van der Waals surface area (Å²) < 4.78 is 0. The minimum absolute atomic E-state index is 0.217. The first kappa shape index (κ1) is 43.4. The van der Waals surface area contributed by atoms with Crippen molar-refractivity contribution in [1.82, 2.24) is 31.6 Å². The molecule has 0 fully saturated rings. The van der Waals surface area contributed by atoms with Gasteiger partial charge in [-0.05, 0) is 86.6 Å². The van der Waals surface area contributed by atoms with Crippen LogP contribution in [0.1, 0.15) is 51.5 Å². The first-order valence-electron chi connectivity index (χ1n) is 17.0. The fourth-order valence-electron chi connectivity index (χ4n) is 5.25. The molecule has 0 saturated carbocycles. The van der Waals surface area contributed by atoms with Crippen LogP contribution in [-0.4, -0.2) is 113 Å². The normalized spacial score (nSPS) is 14.2. The number of nitrogens with two attached hydrogens (primary N) is 2. The molecule has 0 aliphatic heterocycles. The number of carboxylic acid groups (broad SMARTS) is 1. The van der Waals surface area contributed by atoms with E-state index in [2.05, 4.69) is 31.6 Å². The second-order valence-corrected chi connectivity index (χ2v) is 14.5. The number of H-pyrrole nitrogens is 1. The monoisotopic (exact) mass is 750 g/mol. The van der Waals surface area contributed by atoms with E-state index in [0.29, 0.717) is 30.9 Å². The van der Waals surface area contributed by atoms with Gasteiger partial charge in [0.05, 0.1) is 12.6 Å². The molecule has 5 amide bonds. The van der Waals surface area contributed by atoms with Crippen molar-refractivity contribution in [2.45, 2.75) is 82.6 Å². The van der Waals surface area contributed by atoms with E-state index in [0.717, 1.165) is 16.5 Å². The first-order valence-corrected chi connectivity index (χ1v) is 19.8. The van der Waals surface area contributed by atoms with Gasteiger partial charge in [0.15, 0.2) is 0 Å². The summed E-state index contributed by atoms with van der Waals surface area (Å²) in [7, 11) is 0. The van der Waals surface area contributed by atoms with Crippen LogP contribution < -0.4 is 38.1 Å². The summed E-state index contributed by atoms with van der Waals surface area (Å²) in [5.41, 5.74) is 13.7. The molecule has 2 aromatic rings.